The van der Waals surface area contributed by atoms with E-state index in [9.17, 15) is 0 Å². The molecule has 0 aliphatic carbocycles. The first-order valence-corrected chi connectivity index (χ1v) is 17.7. The number of benzene rings is 9. The summed E-state index contributed by atoms with van der Waals surface area (Å²) in [5.41, 5.74) is 9.80. The summed E-state index contributed by atoms with van der Waals surface area (Å²) in [6.45, 7) is 0. The van der Waals surface area contributed by atoms with E-state index in [1.165, 1.54) is 65.3 Å². The Morgan fingerprint density at radius 2 is 0.769 bits per heavy atom. The fourth-order valence-electron chi connectivity index (χ4n) is 7.71. The molecule has 0 N–H and O–H groups in total. The minimum absolute atomic E-state index is 0.711. The number of hydrogen-bond donors (Lipinski definition) is 0. The fraction of sp³-hybridized carbons (Fsp3) is 0. The third kappa shape index (κ3) is 5.21. The second-order valence-corrected chi connectivity index (χ2v) is 13.4. The van der Waals surface area contributed by atoms with Gasteiger partial charge < -0.3 is 0 Å². The molecule has 0 saturated heterocycles. The van der Waals surface area contributed by atoms with E-state index < -0.39 is 0 Å². The molecule has 2 nitrogen and oxygen atoms in total. The molecule has 1 heterocycles. The monoisotopic (exact) mass is 660 g/mol. The lowest BCUT2D eigenvalue weighted by molar-refractivity contribution is 1.19. The molecule has 0 aliphatic heterocycles. The second-order valence-electron chi connectivity index (χ2n) is 13.4. The molecule has 0 aliphatic rings. The number of rotatable bonds is 5. The molecular weight excluding hydrogens is 629 g/mol. The minimum Gasteiger partial charge on any atom is -0.228 e. The Morgan fingerprint density at radius 3 is 1.50 bits per heavy atom. The lowest BCUT2D eigenvalue weighted by atomic mass is 9.92. The van der Waals surface area contributed by atoms with Gasteiger partial charge in [-0.05, 0) is 89.6 Å². The number of hydrogen-bond acceptors (Lipinski definition) is 2. The highest BCUT2D eigenvalue weighted by atomic mass is 14.9. The number of fused-ring (bicyclic) bond motifs is 5. The van der Waals surface area contributed by atoms with Gasteiger partial charge in [0, 0.05) is 16.7 Å². The van der Waals surface area contributed by atoms with Gasteiger partial charge in [-0.25, -0.2) is 9.97 Å². The predicted octanol–water partition coefficient (Wildman–Crippen LogP) is 13.4. The van der Waals surface area contributed by atoms with E-state index in [-0.39, 0.29) is 0 Å². The molecule has 0 radical (unpaired) electrons. The van der Waals surface area contributed by atoms with E-state index in [0.717, 1.165) is 28.1 Å². The number of aromatic nitrogens is 2. The highest BCUT2D eigenvalue weighted by Gasteiger charge is 2.16. The zero-order valence-corrected chi connectivity index (χ0v) is 28.4. The summed E-state index contributed by atoms with van der Waals surface area (Å²) in [5.74, 6) is 0.711. The molecule has 9 aromatic carbocycles. The largest absolute Gasteiger partial charge is 0.228 e. The van der Waals surface area contributed by atoms with Crippen LogP contribution in [0.1, 0.15) is 0 Å². The van der Waals surface area contributed by atoms with Crippen molar-refractivity contribution in [3.63, 3.8) is 0 Å². The van der Waals surface area contributed by atoms with Crippen LogP contribution in [-0.4, -0.2) is 9.97 Å². The topological polar surface area (TPSA) is 25.8 Å². The SMILES string of the molecule is c1ccc(-c2nc(-c3ccc4cc(-c5cc6ccccc6c6ccccc56)ccc4c3)cc(-c3ccc(-c4ccccc4)c4ccccc34)n2)cc1. The number of nitrogens with zero attached hydrogens (tertiary/aromatic N) is 2. The maximum Gasteiger partial charge on any atom is 0.160 e. The predicted molar refractivity (Wildman–Crippen MR) is 219 cm³/mol. The second kappa shape index (κ2) is 12.5. The van der Waals surface area contributed by atoms with E-state index in [4.69, 9.17) is 9.97 Å². The van der Waals surface area contributed by atoms with Crippen LogP contribution >= 0.6 is 0 Å². The fourth-order valence-corrected chi connectivity index (χ4v) is 7.71. The van der Waals surface area contributed by atoms with Crippen LogP contribution in [0, 0.1) is 0 Å². The normalized spacial score (nSPS) is 11.5. The minimum atomic E-state index is 0.711. The molecule has 0 bridgehead atoms. The summed E-state index contributed by atoms with van der Waals surface area (Å²) in [5, 5.41) is 9.82. The summed E-state index contributed by atoms with van der Waals surface area (Å²) >= 11 is 0. The molecule has 0 spiro atoms. The van der Waals surface area contributed by atoms with Crippen molar-refractivity contribution in [1.82, 2.24) is 9.97 Å². The third-order valence-electron chi connectivity index (χ3n) is 10.3. The maximum atomic E-state index is 5.19. The van der Waals surface area contributed by atoms with Gasteiger partial charge in [0.15, 0.2) is 5.82 Å². The molecule has 0 atom stereocenters. The van der Waals surface area contributed by atoms with Crippen LogP contribution in [0.15, 0.2) is 194 Å². The van der Waals surface area contributed by atoms with Gasteiger partial charge in [-0.2, -0.15) is 0 Å². The average Bonchev–Trinajstić information content (AvgIpc) is 3.23. The first-order valence-electron chi connectivity index (χ1n) is 17.7. The summed E-state index contributed by atoms with van der Waals surface area (Å²) < 4.78 is 0. The van der Waals surface area contributed by atoms with Gasteiger partial charge in [-0.3, -0.25) is 0 Å². The van der Waals surface area contributed by atoms with Crippen molar-refractivity contribution in [2.45, 2.75) is 0 Å². The van der Waals surface area contributed by atoms with Crippen molar-refractivity contribution in [3.05, 3.63) is 194 Å². The van der Waals surface area contributed by atoms with E-state index in [1.807, 2.05) is 18.2 Å². The van der Waals surface area contributed by atoms with Gasteiger partial charge in [0.1, 0.15) is 0 Å². The Hall–Kier alpha value is -6.90. The van der Waals surface area contributed by atoms with Crippen LogP contribution in [0.2, 0.25) is 0 Å². The van der Waals surface area contributed by atoms with Crippen molar-refractivity contribution in [1.29, 1.82) is 0 Å². The lowest BCUT2D eigenvalue weighted by Crippen LogP contribution is -1.97. The van der Waals surface area contributed by atoms with Crippen molar-refractivity contribution < 1.29 is 0 Å². The van der Waals surface area contributed by atoms with Crippen molar-refractivity contribution >= 4 is 43.1 Å². The van der Waals surface area contributed by atoms with Gasteiger partial charge in [0.2, 0.25) is 0 Å². The molecule has 0 unspecified atom stereocenters. The molecule has 2 heteroatoms. The van der Waals surface area contributed by atoms with Crippen LogP contribution in [0.5, 0.6) is 0 Å². The zero-order valence-electron chi connectivity index (χ0n) is 28.4. The standard InChI is InChI=1S/C50H32N2/c1-3-13-33(14-4-1)41-27-28-46(44-21-11-9-20-43(41)44)49-32-48(51-50(52-49)34-15-5-2-6-16-34)39-26-24-35-29-38(25-23-36(35)30-39)47-31-37-17-7-8-18-40(37)42-19-10-12-22-45(42)47/h1-32H. The Bertz CT molecular complexity index is 2950. The van der Waals surface area contributed by atoms with Gasteiger partial charge >= 0.3 is 0 Å². The quantitative estimate of drug-likeness (QED) is 0.172. The van der Waals surface area contributed by atoms with Crippen molar-refractivity contribution in [2.75, 3.05) is 0 Å². The lowest BCUT2D eigenvalue weighted by Gasteiger charge is -2.14. The molecule has 0 saturated carbocycles. The van der Waals surface area contributed by atoms with Crippen molar-refractivity contribution in [2.24, 2.45) is 0 Å². The van der Waals surface area contributed by atoms with Gasteiger partial charge in [0.25, 0.3) is 0 Å². The molecule has 0 amide bonds. The van der Waals surface area contributed by atoms with Crippen LogP contribution in [0.25, 0.3) is 99.2 Å². The molecular formula is C50H32N2. The molecule has 242 valence electrons. The van der Waals surface area contributed by atoms with Crippen LogP contribution < -0.4 is 0 Å². The summed E-state index contributed by atoms with van der Waals surface area (Å²) in [7, 11) is 0. The van der Waals surface area contributed by atoms with E-state index in [2.05, 4.69) is 176 Å². The first-order chi connectivity index (χ1) is 25.8. The van der Waals surface area contributed by atoms with E-state index in [1.54, 1.807) is 0 Å². The molecule has 10 rings (SSSR count). The Balaban J connectivity index is 1.11. The molecule has 0 fully saturated rings. The van der Waals surface area contributed by atoms with E-state index >= 15 is 0 Å². The molecule has 52 heavy (non-hydrogen) atoms. The first kappa shape index (κ1) is 30.0. The highest BCUT2D eigenvalue weighted by Crippen LogP contribution is 2.39. The Morgan fingerprint density at radius 1 is 0.250 bits per heavy atom. The van der Waals surface area contributed by atoms with Gasteiger partial charge in [-0.1, -0.05) is 170 Å². The molecule has 10 aromatic rings. The average molecular weight is 661 g/mol. The Kier molecular flexibility index (Phi) is 7.18. The highest BCUT2D eigenvalue weighted by molar-refractivity contribution is 6.14. The van der Waals surface area contributed by atoms with Gasteiger partial charge in [0.05, 0.1) is 11.4 Å². The van der Waals surface area contributed by atoms with Crippen LogP contribution in [0.4, 0.5) is 0 Å². The molecule has 1 aromatic heterocycles. The van der Waals surface area contributed by atoms with E-state index in [0.29, 0.717) is 5.82 Å². The van der Waals surface area contributed by atoms with Crippen LogP contribution in [-0.2, 0) is 0 Å². The smallest absolute Gasteiger partial charge is 0.160 e. The maximum absolute atomic E-state index is 5.19. The summed E-state index contributed by atoms with van der Waals surface area (Å²) in [6, 6.07) is 69.3. The van der Waals surface area contributed by atoms with Crippen LogP contribution in [0.3, 0.4) is 0 Å². The third-order valence-corrected chi connectivity index (χ3v) is 10.3. The van der Waals surface area contributed by atoms with Gasteiger partial charge in [-0.15, -0.1) is 0 Å². The summed E-state index contributed by atoms with van der Waals surface area (Å²) in [4.78, 5) is 10.4. The zero-order chi connectivity index (χ0) is 34.4. The summed E-state index contributed by atoms with van der Waals surface area (Å²) in [6.07, 6.45) is 0. The van der Waals surface area contributed by atoms with Crippen molar-refractivity contribution in [3.8, 4) is 56.2 Å². The Labute approximate surface area is 302 Å².